The van der Waals surface area contributed by atoms with E-state index in [4.69, 9.17) is 4.74 Å². The lowest BCUT2D eigenvalue weighted by atomic mass is 10.1. The van der Waals surface area contributed by atoms with Gasteiger partial charge in [-0.05, 0) is 36.6 Å². The number of hydrogen-bond acceptors (Lipinski definition) is 5. The van der Waals surface area contributed by atoms with Gasteiger partial charge < -0.3 is 14.6 Å². The summed E-state index contributed by atoms with van der Waals surface area (Å²) in [7, 11) is 0. The fourth-order valence-electron chi connectivity index (χ4n) is 2.98. The average molecular weight is 349 g/mol. The van der Waals surface area contributed by atoms with Crippen molar-refractivity contribution >= 4 is 11.7 Å². The second kappa shape index (κ2) is 6.95. The predicted octanol–water partition coefficient (Wildman–Crippen LogP) is 3.01. The van der Waals surface area contributed by atoms with Crippen LogP contribution in [0, 0.1) is 5.92 Å². The highest BCUT2D eigenvalue weighted by Gasteiger charge is 2.17. The molecule has 0 radical (unpaired) electrons. The number of para-hydroxylation sites is 1. The Morgan fingerprint density at radius 3 is 3.00 bits per heavy atom. The van der Waals surface area contributed by atoms with E-state index in [2.05, 4.69) is 27.4 Å². The van der Waals surface area contributed by atoms with E-state index in [1.165, 1.54) is 0 Å². The highest BCUT2D eigenvalue weighted by Crippen LogP contribution is 2.23. The molecule has 0 spiro atoms. The Labute approximate surface area is 151 Å². The number of rotatable bonds is 0. The van der Waals surface area contributed by atoms with Gasteiger partial charge in [0.1, 0.15) is 23.6 Å². The van der Waals surface area contributed by atoms with Crippen LogP contribution in [0.5, 0.6) is 5.75 Å². The Kier molecular flexibility index (Phi) is 4.35. The molecule has 1 aromatic carbocycles. The maximum Gasteiger partial charge on any atom is 0.260 e. The summed E-state index contributed by atoms with van der Waals surface area (Å²) in [4.78, 5) is 17.2. The first-order valence-electron chi connectivity index (χ1n) is 8.59. The molecular formula is C19H19N5O2. The van der Waals surface area contributed by atoms with Gasteiger partial charge in [0, 0.05) is 6.54 Å². The van der Waals surface area contributed by atoms with Gasteiger partial charge in [0.05, 0.1) is 12.2 Å². The second-order valence-electron chi connectivity index (χ2n) is 6.41. The van der Waals surface area contributed by atoms with Gasteiger partial charge >= 0.3 is 0 Å². The molecule has 2 aromatic heterocycles. The molecule has 7 heteroatoms. The van der Waals surface area contributed by atoms with Crippen LogP contribution in [0.25, 0.3) is 11.5 Å². The minimum atomic E-state index is -0.253. The van der Waals surface area contributed by atoms with Crippen LogP contribution in [0.2, 0.25) is 0 Å². The van der Waals surface area contributed by atoms with Crippen LogP contribution in [-0.4, -0.2) is 32.3 Å². The molecule has 1 amide bonds. The lowest BCUT2D eigenvalue weighted by molar-refractivity contribution is 0.102. The molecule has 0 saturated carbocycles. The minimum Gasteiger partial charge on any atom is -0.493 e. The number of nitrogens with zero attached hydrogens (tertiary/aromatic N) is 4. The number of carbonyl (C=O) groups excluding carboxylic acids is 1. The molecule has 0 unspecified atom stereocenters. The fourth-order valence-corrected chi connectivity index (χ4v) is 2.98. The molecule has 26 heavy (non-hydrogen) atoms. The van der Waals surface area contributed by atoms with Gasteiger partial charge in [0.15, 0.2) is 5.82 Å². The quantitative estimate of drug-likeness (QED) is 0.675. The van der Waals surface area contributed by atoms with Crippen molar-refractivity contribution in [3.63, 3.8) is 0 Å². The van der Waals surface area contributed by atoms with Crippen LogP contribution >= 0.6 is 0 Å². The van der Waals surface area contributed by atoms with Crippen molar-refractivity contribution in [1.29, 1.82) is 0 Å². The van der Waals surface area contributed by atoms with Crippen LogP contribution in [0.1, 0.15) is 23.7 Å². The highest BCUT2D eigenvalue weighted by atomic mass is 16.5. The number of hydrogen-bond donors (Lipinski definition) is 1. The van der Waals surface area contributed by atoms with Gasteiger partial charge in [-0.1, -0.05) is 25.1 Å². The molecule has 4 rings (SSSR count). The lowest BCUT2D eigenvalue weighted by Crippen LogP contribution is -2.17. The Balaban J connectivity index is 1.76. The summed E-state index contributed by atoms with van der Waals surface area (Å²) in [5.41, 5.74) is 1.17. The Morgan fingerprint density at radius 1 is 1.19 bits per heavy atom. The molecule has 132 valence electrons. The number of pyridine rings is 1. The molecule has 0 saturated heterocycles. The fraction of sp³-hybridized carbons (Fsp3) is 0.263. The Bertz CT molecular complexity index is 937. The number of aromatic nitrogens is 4. The van der Waals surface area contributed by atoms with Gasteiger partial charge in [-0.15, -0.1) is 10.2 Å². The topological polar surface area (TPSA) is 81.9 Å². The second-order valence-corrected chi connectivity index (χ2v) is 6.41. The minimum absolute atomic E-state index is 0.253. The van der Waals surface area contributed by atoms with Gasteiger partial charge in [-0.2, -0.15) is 0 Å². The molecule has 0 aliphatic carbocycles. The summed E-state index contributed by atoms with van der Waals surface area (Å²) >= 11 is 0. The SMILES string of the molecule is C[C@@H]1CCOc2ccccc2C(=O)Nc2cccc(n2)-c2nncn2C1. The number of fused-ring (bicyclic) bond motifs is 5. The third kappa shape index (κ3) is 3.28. The van der Waals surface area contributed by atoms with E-state index in [0.717, 1.165) is 13.0 Å². The van der Waals surface area contributed by atoms with E-state index in [-0.39, 0.29) is 5.91 Å². The zero-order chi connectivity index (χ0) is 17.9. The van der Waals surface area contributed by atoms with E-state index < -0.39 is 0 Å². The van der Waals surface area contributed by atoms with Crippen LogP contribution in [0.15, 0.2) is 48.8 Å². The summed E-state index contributed by atoms with van der Waals surface area (Å²) < 4.78 is 7.86. The van der Waals surface area contributed by atoms with Gasteiger partial charge in [0.2, 0.25) is 0 Å². The third-order valence-electron chi connectivity index (χ3n) is 4.34. The first kappa shape index (κ1) is 16.3. The standard InChI is InChI=1S/C19H19N5O2/c1-13-9-10-26-16-7-3-2-5-14(16)19(25)22-17-8-4-6-15(21-17)18-23-20-12-24(18)11-13/h2-8,12-13H,9-11H2,1H3,(H,21,22,25)/t13-/m1/s1. The van der Waals surface area contributed by atoms with Gasteiger partial charge in [0.25, 0.3) is 5.91 Å². The highest BCUT2D eigenvalue weighted by molar-refractivity contribution is 6.05. The monoisotopic (exact) mass is 349 g/mol. The summed E-state index contributed by atoms with van der Waals surface area (Å²) in [6, 6.07) is 12.7. The number of benzene rings is 1. The maximum atomic E-state index is 12.7. The summed E-state index contributed by atoms with van der Waals surface area (Å²) in [5.74, 6) is 1.83. The van der Waals surface area contributed by atoms with Crippen molar-refractivity contribution in [2.45, 2.75) is 19.9 Å². The van der Waals surface area contributed by atoms with Crippen LogP contribution in [0.4, 0.5) is 5.82 Å². The Morgan fingerprint density at radius 2 is 2.08 bits per heavy atom. The lowest BCUT2D eigenvalue weighted by Gasteiger charge is -2.17. The molecule has 2 bridgehead atoms. The number of nitrogens with one attached hydrogen (secondary N) is 1. The molecule has 1 aliphatic heterocycles. The number of amides is 1. The number of anilines is 1. The summed E-state index contributed by atoms with van der Waals surface area (Å²) in [6.07, 6.45) is 2.56. The predicted molar refractivity (Wildman–Crippen MR) is 96.9 cm³/mol. The van der Waals surface area contributed by atoms with Crippen molar-refractivity contribution in [2.24, 2.45) is 5.92 Å². The van der Waals surface area contributed by atoms with Gasteiger partial charge in [-0.3, -0.25) is 4.79 Å². The number of ether oxygens (including phenoxy) is 1. The van der Waals surface area contributed by atoms with Crippen LogP contribution in [0.3, 0.4) is 0 Å². The number of carbonyl (C=O) groups is 1. The first-order valence-corrected chi connectivity index (χ1v) is 8.59. The molecule has 1 N–H and O–H groups in total. The molecule has 0 fully saturated rings. The molecule has 3 aromatic rings. The van der Waals surface area contributed by atoms with Crippen molar-refractivity contribution in [2.75, 3.05) is 11.9 Å². The van der Waals surface area contributed by atoms with Crippen molar-refractivity contribution < 1.29 is 9.53 Å². The van der Waals surface area contributed by atoms with E-state index in [1.54, 1.807) is 18.5 Å². The average Bonchev–Trinajstić information content (AvgIpc) is 3.09. The van der Waals surface area contributed by atoms with E-state index >= 15 is 0 Å². The van der Waals surface area contributed by atoms with Crippen molar-refractivity contribution in [3.8, 4) is 17.3 Å². The van der Waals surface area contributed by atoms with Crippen LogP contribution < -0.4 is 10.1 Å². The van der Waals surface area contributed by atoms with Gasteiger partial charge in [-0.25, -0.2) is 4.98 Å². The van der Waals surface area contributed by atoms with E-state index in [9.17, 15) is 4.79 Å². The first-order chi connectivity index (χ1) is 12.7. The summed E-state index contributed by atoms with van der Waals surface area (Å²) in [6.45, 7) is 3.46. The maximum absolute atomic E-state index is 12.7. The van der Waals surface area contributed by atoms with E-state index in [0.29, 0.717) is 41.2 Å². The molecule has 7 nitrogen and oxygen atoms in total. The smallest absolute Gasteiger partial charge is 0.260 e. The van der Waals surface area contributed by atoms with Crippen molar-refractivity contribution in [3.05, 3.63) is 54.4 Å². The van der Waals surface area contributed by atoms with Crippen LogP contribution in [-0.2, 0) is 6.54 Å². The molecular weight excluding hydrogens is 330 g/mol. The molecule has 1 aliphatic rings. The largest absolute Gasteiger partial charge is 0.493 e. The zero-order valence-corrected chi connectivity index (χ0v) is 14.4. The molecule has 3 heterocycles. The summed E-state index contributed by atoms with van der Waals surface area (Å²) in [5, 5.41) is 11.1. The zero-order valence-electron chi connectivity index (χ0n) is 14.4. The van der Waals surface area contributed by atoms with E-state index in [1.807, 2.05) is 34.9 Å². The normalized spacial score (nSPS) is 17.3. The van der Waals surface area contributed by atoms with Crippen molar-refractivity contribution in [1.82, 2.24) is 19.7 Å². The molecule has 1 atom stereocenters. The Hall–Kier alpha value is -3.22. The third-order valence-corrected chi connectivity index (χ3v) is 4.34.